The van der Waals surface area contributed by atoms with Crippen LogP contribution in [0.3, 0.4) is 0 Å². The number of tetrazole rings is 1. The molecule has 0 radical (unpaired) electrons. The van der Waals surface area contributed by atoms with Crippen molar-refractivity contribution < 1.29 is 4.79 Å². The van der Waals surface area contributed by atoms with E-state index in [9.17, 15) is 4.79 Å². The zero-order valence-corrected chi connectivity index (χ0v) is 9.45. The molecular formula is C11H13N5O. The average Bonchev–Trinajstić information content (AvgIpc) is 2.75. The van der Waals surface area contributed by atoms with Gasteiger partial charge in [-0.3, -0.25) is 4.79 Å². The lowest BCUT2D eigenvalue weighted by Gasteiger charge is -2.08. The number of nitrogens with two attached hydrogens (primary N) is 1. The number of benzene rings is 1. The third-order valence-corrected chi connectivity index (χ3v) is 2.39. The van der Waals surface area contributed by atoms with E-state index in [4.69, 9.17) is 5.73 Å². The van der Waals surface area contributed by atoms with E-state index in [0.717, 1.165) is 5.56 Å². The first-order valence-electron chi connectivity index (χ1n) is 5.23. The minimum Gasteiger partial charge on any atom is -0.318 e. The molecule has 0 bridgehead atoms. The number of aryl methyl sites for hydroxylation is 1. The largest absolute Gasteiger partial charge is 0.318 e. The fraction of sp³-hybridized carbons (Fsp3) is 0.273. The first-order valence-corrected chi connectivity index (χ1v) is 5.23. The van der Waals surface area contributed by atoms with Gasteiger partial charge < -0.3 is 5.73 Å². The van der Waals surface area contributed by atoms with Crippen molar-refractivity contribution in [2.24, 2.45) is 12.8 Å². The minimum absolute atomic E-state index is 0.101. The van der Waals surface area contributed by atoms with Crippen molar-refractivity contribution in [1.29, 1.82) is 0 Å². The van der Waals surface area contributed by atoms with Crippen LogP contribution in [0.4, 0.5) is 0 Å². The van der Waals surface area contributed by atoms with Crippen LogP contribution in [-0.2, 0) is 18.3 Å². The van der Waals surface area contributed by atoms with Gasteiger partial charge >= 0.3 is 0 Å². The molecule has 0 aliphatic rings. The zero-order valence-electron chi connectivity index (χ0n) is 9.45. The molecule has 2 rings (SSSR count). The maximum atomic E-state index is 11.9. The van der Waals surface area contributed by atoms with Crippen molar-refractivity contribution in [3.05, 3.63) is 41.7 Å². The van der Waals surface area contributed by atoms with Crippen LogP contribution in [0.25, 0.3) is 0 Å². The number of carbonyl (C=O) groups excluding carboxylic acids is 1. The van der Waals surface area contributed by atoms with Crippen LogP contribution in [0.15, 0.2) is 30.3 Å². The molecule has 17 heavy (non-hydrogen) atoms. The summed E-state index contributed by atoms with van der Waals surface area (Å²) in [6.07, 6.45) is 0.101. The smallest absolute Gasteiger partial charge is 0.182 e. The predicted molar refractivity (Wildman–Crippen MR) is 60.9 cm³/mol. The fourth-order valence-electron chi connectivity index (χ4n) is 1.51. The molecule has 0 saturated heterocycles. The van der Waals surface area contributed by atoms with Gasteiger partial charge in [-0.1, -0.05) is 30.3 Å². The normalized spacial score (nSPS) is 12.4. The molecule has 0 unspecified atom stereocenters. The zero-order chi connectivity index (χ0) is 12.3. The van der Waals surface area contributed by atoms with Gasteiger partial charge in [-0.25, -0.2) is 0 Å². The van der Waals surface area contributed by atoms with Crippen LogP contribution < -0.4 is 5.73 Å². The number of rotatable bonds is 4. The molecule has 88 valence electrons. The molecule has 0 aliphatic carbocycles. The first kappa shape index (κ1) is 11.4. The highest BCUT2D eigenvalue weighted by molar-refractivity contribution is 5.86. The molecule has 0 spiro atoms. The van der Waals surface area contributed by atoms with Crippen LogP contribution in [0.1, 0.15) is 17.4 Å². The lowest BCUT2D eigenvalue weighted by atomic mass is 10.0. The quantitative estimate of drug-likeness (QED) is 0.801. The van der Waals surface area contributed by atoms with Crippen molar-refractivity contribution in [3.8, 4) is 0 Å². The fourth-order valence-corrected chi connectivity index (χ4v) is 1.51. The van der Waals surface area contributed by atoms with Gasteiger partial charge in [0.1, 0.15) is 0 Å². The second-order valence-corrected chi connectivity index (χ2v) is 3.73. The molecule has 0 saturated carbocycles. The summed E-state index contributed by atoms with van der Waals surface area (Å²) < 4.78 is 0. The monoisotopic (exact) mass is 231 g/mol. The SMILES string of the molecule is Cn1nnc(CC(=O)[C@H](N)c2ccccc2)n1. The highest BCUT2D eigenvalue weighted by Crippen LogP contribution is 2.11. The van der Waals surface area contributed by atoms with Crippen LogP contribution in [0.2, 0.25) is 0 Å². The summed E-state index contributed by atoms with van der Waals surface area (Å²) in [4.78, 5) is 13.2. The maximum absolute atomic E-state index is 11.9. The van der Waals surface area contributed by atoms with Gasteiger partial charge in [0.05, 0.1) is 19.5 Å². The van der Waals surface area contributed by atoms with E-state index < -0.39 is 6.04 Å². The van der Waals surface area contributed by atoms with Crippen molar-refractivity contribution in [3.63, 3.8) is 0 Å². The Morgan fingerprint density at radius 3 is 2.71 bits per heavy atom. The number of ketones is 1. The van der Waals surface area contributed by atoms with Gasteiger partial charge in [0.25, 0.3) is 0 Å². The molecule has 2 N–H and O–H groups in total. The van der Waals surface area contributed by atoms with Crippen LogP contribution in [0.5, 0.6) is 0 Å². The molecule has 1 atom stereocenters. The molecule has 0 aliphatic heterocycles. The molecule has 0 fully saturated rings. The topological polar surface area (TPSA) is 86.7 Å². The molecule has 2 aromatic rings. The van der Waals surface area contributed by atoms with Gasteiger partial charge in [0.2, 0.25) is 0 Å². The summed E-state index contributed by atoms with van der Waals surface area (Å²) in [6.45, 7) is 0. The van der Waals surface area contributed by atoms with Crippen molar-refractivity contribution >= 4 is 5.78 Å². The van der Waals surface area contributed by atoms with Gasteiger partial charge in [-0.2, -0.15) is 4.80 Å². The Bertz CT molecular complexity index is 508. The van der Waals surface area contributed by atoms with E-state index in [1.165, 1.54) is 4.80 Å². The Kier molecular flexibility index (Phi) is 3.24. The third kappa shape index (κ3) is 2.73. The third-order valence-electron chi connectivity index (χ3n) is 2.39. The van der Waals surface area contributed by atoms with E-state index in [1.807, 2.05) is 30.3 Å². The van der Waals surface area contributed by atoms with Crippen LogP contribution in [0, 0.1) is 0 Å². The van der Waals surface area contributed by atoms with Gasteiger partial charge in [-0.05, 0) is 10.8 Å². The highest BCUT2D eigenvalue weighted by atomic mass is 16.1. The molecule has 0 amide bonds. The molecule has 1 heterocycles. The standard InChI is InChI=1S/C11H13N5O/c1-16-14-10(13-15-16)7-9(17)11(12)8-5-3-2-4-6-8/h2-6,11H,7,12H2,1H3/t11-/m1/s1. The first-order chi connectivity index (χ1) is 8.16. The molecule has 6 heteroatoms. The molecule has 1 aromatic heterocycles. The molecule has 1 aromatic carbocycles. The summed E-state index contributed by atoms with van der Waals surface area (Å²) >= 11 is 0. The number of nitrogens with zero attached hydrogens (tertiary/aromatic N) is 4. The number of hydrogen-bond acceptors (Lipinski definition) is 5. The Morgan fingerprint density at radius 2 is 2.12 bits per heavy atom. The van der Waals surface area contributed by atoms with Crippen molar-refractivity contribution in [2.75, 3.05) is 0 Å². The summed E-state index contributed by atoms with van der Waals surface area (Å²) in [5, 5.41) is 11.4. The number of hydrogen-bond donors (Lipinski definition) is 1. The summed E-state index contributed by atoms with van der Waals surface area (Å²) in [5.41, 5.74) is 6.65. The lowest BCUT2D eigenvalue weighted by Crippen LogP contribution is -2.23. The van der Waals surface area contributed by atoms with E-state index in [2.05, 4.69) is 15.4 Å². The summed E-state index contributed by atoms with van der Waals surface area (Å²) in [7, 11) is 1.65. The van der Waals surface area contributed by atoms with E-state index >= 15 is 0 Å². The van der Waals surface area contributed by atoms with E-state index in [-0.39, 0.29) is 12.2 Å². The van der Waals surface area contributed by atoms with Crippen molar-refractivity contribution in [2.45, 2.75) is 12.5 Å². The predicted octanol–water partition coefficient (Wildman–Crippen LogP) is 0.0217. The van der Waals surface area contributed by atoms with Crippen LogP contribution >= 0.6 is 0 Å². The Hall–Kier alpha value is -2.08. The van der Waals surface area contributed by atoms with E-state index in [1.54, 1.807) is 7.05 Å². The Balaban J connectivity index is 2.06. The number of Topliss-reactive ketones (excluding diaryl/α,β-unsaturated/α-hetero) is 1. The van der Waals surface area contributed by atoms with Gasteiger partial charge in [-0.15, -0.1) is 10.2 Å². The highest BCUT2D eigenvalue weighted by Gasteiger charge is 2.17. The van der Waals surface area contributed by atoms with Crippen molar-refractivity contribution in [1.82, 2.24) is 20.2 Å². The van der Waals surface area contributed by atoms with Gasteiger partial charge in [0.15, 0.2) is 11.6 Å². The summed E-state index contributed by atoms with van der Waals surface area (Å²) in [5.74, 6) is 0.271. The Labute approximate surface area is 98.4 Å². The average molecular weight is 231 g/mol. The lowest BCUT2D eigenvalue weighted by molar-refractivity contribution is -0.119. The second-order valence-electron chi connectivity index (χ2n) is 3.73. The number of aromatic nitrogens is 4. The number of carbonyl (C=O) groups is 1. The second kappa shape index (κ2) is 4.84. The van der Waals surface area contributed by atoms with Gasteiger partial charge in [0, 0.05) is 0 Å². The molecular weight excluding hydrogens is 218 g/mol. The minimum atomic E-state index is -0.639. The Morgan fingerprint density at radius 1 is 1.41 bits per heavy atom. The summed E-state index contributed by atoms with van der Waals surface area (Å²) in [6, 6.07) is 8.59. The van der Waals surface area contributed by atoms with Crippen LogP contribution in [-0.4, -0.2) is 26.0 Å². The molecule has 6 nitrogen and oxygen atoms in total. The maximum Gasteiger partial charge on any atom is 0.182 e. The van der Waals surface area contributed by atoms with E-state index in [0.29, 0.717) is 5.82 Å².